The van der Waals surface area contributed by atoms with E-state index in [1.54, 1.807) is 18.9 Å². The fourth-order valence-electron chi connectivity index (χ4n) is 2.52. The highest BCUT2D eigenvalue weighted by Crippen LogP contribution is 2.40. The summed E-state index contributed by atoms with van der Waals surface area (Å²) in [7, 11) is 3.47. The lowest BCUT2D eigenvalue weighted by Crippen LogP contribution is -2.52. The Hall–Kier alpha value is -1.20. The van der Waals surface area contributed by atoms with Gasteiger partial charge in [-0.1, -0.05) is 0 Å². The van der Waals surface area contributed by atoms with E-state index in [9.17, 15) is 4.79 Å². The van der Waals surface area contributed by atoms with Gasteiger partial charge < -0.3 is 15.8 Å². The normalized spacial score (nSPS) is 26.3. The van der Waals surface area contributed by atoms with E-state index < -0.39 is 5.54 Å². The van der Waals surface area contributed by atoms with Gasteiger partial charge in [0.15, 0.2) is 0 Å². The van der Waals surface area contributed by atoms with E-state index in [0.717, 1.165) is 25.0 Å². The Balaban J connectivity index is 1.99. The van der Waals surface area contributed by atoms with Crippen molar-refractivity contribution in [3.8, 4) is 5.75 Å². The van der Waals surface area contributed by atoms with Crippen LogP contribution in [-0.4, -0.2) is 30.9 Å². The molecule has 0 saturated heterocycles. The minimum absolute atomic E-state index is 0.243. The van der Waals surface area contributed by atoms with E-state index in [4.69, 9.17) is 10.5 Å². The zero-order valence-corrected chi connectivity index (χ0v) is 12.1. The fraction of sp³-hybridized carbons (Fsp3) is 0.500. The molecule has 1 aromatic carbocycles. The number of benzene rings is 1. The number of thioether (sulfide) groups is 1. The third-order valence-electron chi connectivity index (χ3n) is 3.78. The second kappa shape index (κ2) is 5.84. The first-order valence-electron chi connectivity index (χ1n) is 6.39. The first kappa shape index (κ1) is 14.2. The molecule has 0 bridgehead atoms. The Bertz CT molecular complexity index is 449. The highest BCUT2D eigenvalue weighted by atomic mass is 32.2. The third kappa shape index (κ3) is 3.04. The van der Waals surface area contributed by atoms with Gasteiger partial charge in [-0.3, -0.25) is 4.79 Å². The van der Waals surface area contributed by atoms with Gasteiger partial charge >= 0.3 is 0 Å². The largest absolute Gasteiger partial charge is 0.497 e. The van der Waals surface area contributed by atoms with E-state index >= 15 is 0 Å². The maximum Gasteiger partial charge on any atom is 0.237 e. The van der Waals surface area contributed by atoms with Crippen LogP contribution in [0.2, 0.25) is 0 Å². The van der Waals surface area contributed by atoms with Gasteiger partial charge in [-0.15, -0.1) is 11.8 Å². The highest BCUT2D eigenvalue weighted by Gasteiger charge is 2.42. The molecular weight excluding hydrogens is 260 g/mol. The summed E-state index contributed by atoms with van der Waals surface area (Å²) < 4.78 is 5.14. The summed E-state index contributed by atoms with van der Waals surface area (Å²) in [6, 6.07) is 8.01. The molecule has 3 N–H and O–H groups in total. The van der Waals surface area contributed by atoms with Crippen LogP contribution < -0.4 is 15.8 Å². The Labute approximate surface area is 118 Å². The minimum atomic E-state index is -0.524. The standard InChI is InChI=1S/C14H20N2O2S/c1-16-14(13(15)17)8-7-12(9-14)19-11-5-3-10(18-2)4-6-11/h3-6,12,16H,7-9H2,1-2H3,(H2,15,17). The molecule has 2 rings (SSSR count). The molecule has 5 heteroatoms. The number of methoxy groups -OCH3 is 1. The van der Waals surface area contributed by atoms with Crippen molar-refractivity contribution < 1.29 is 9.53 Å². The van der Waals surface area contributed by atoms with Gasteiger partial charge in [-0.25, -0.2) is 0 Å². The summed E-state index contributed by atoms with van der Waals surface area (Å²) in [6.07, 6.45) is 2.60. The van der Waals surface area contributed by atoms with Crippen LogP contribution in [0.1, 0.15) is 19.3 Å². The third-order valence-corrected chi connectivity index (χ3v) is 5.06. The number of carbonyl (C=O) groups excluding carboxylic acids is 1. The second-order valence-corrected chi connectivity index (χ2v) is 6.23. The number of amides is 1. The molecule has 1 aliphatic rings. The molecule has 0 spiro atoms. The van der Waals surface area contributed by atoms with Crippen LogP contribution in [0.25, 0.3) is 0 Å². The summed E-state index contributed by atoms with van der Waals surface area (Å²) in [5, 5.41) is 3.53. The fourth-order valence-corrected chi connectivity index (χ4v) is 3.80. The molecule has 4 nitrogen and oxygen atoms in total. The zero-order valence-electron chi connectivity index (χ0n) is 11.3. The molecule has 0 radical (unpaired) electrons. The summed E-state index contributed by atoms with van der Waals surface area (Å²) in [5.74, 6) is 0.616. The molecule has 19 heavy (non-hydrogen) atoms. The lowest BCUT2D eigenvalue weighted by Gasteiger charge is -2.24. The predicted molar refractivity (Wildman–Crippen MR) is 77.5 cm³/mol. The van der Waals surface area contributed by atoms with E-state index in [-0.39, 0.29) is 5.91 Å². The monoisotopic (exact) mass is 280 g/mol. The van der Waals surface area contributed by atoms with Gasteiger partial charge in [0.1, 0.15) is 5.75 Å². The van der Waals surface area contributed by atoms with E-state index in [1.165, 1.54) is 4.90 Å². The number of carbonyl (C=O) groups is 1. The van der Waals surface area contributed by atoms with Crippen LogP contribution in [0.4, 0.5) is 0 Å². The molecule has 1 amide bonds. The number of hydrogen-bond acceptors (Lipinski definition) is 4. The number of primary amides is 1. The van der Waals surface area contributed by atoms with Crippen molar-refractivity contribution in [1.29, 1.82) is 0 Å². The van der Waals surface area contributed by atoms with Crippen LogP contribution >= 0.6 is 11.8 Å². The first-order chi connectivity index (χ1) is 9.09. The highest BCUT2D eigenvalue weighted by molar-refractivity contribution is 8.00. The molecule has 2 atom stereocenters. The molecule has 0 heterocycles. The van der Waals surface area contributed by atoms with Crippen LogP contribution in [0.15, 0.2) is 29.2 Å². The van der Waals surface area contributed by atoms with E-state index in [1.807, 2.05) is 31.3 Å². The molecular formula is C14H20N2O2S. The predicted octanol–water partition coefficient (Wildman–Crippen LogP) is 1.78. The Morgan fingerprint density at radius 1 is 1.47 bits per heavy atom. The molecule has 0 aliphatic heterocycles. The van der Waals surface area contributed by atoms with Gasteiger partial charge in [-0.2, -0.15) is 0 Å². The smallest absolute Gasteiger partial charge is 0.237 e. The van der Waals surface area contributed by atoms with Crippen molar-refractivity contribution in [1.82, 2.24) is 5.32 Å². The van der Waals surface area contributed by atoms with Crippen molar-refractivity contribution in [2.24, 2.45) is 5.73 Å². The van der Waals surface area contributed by atoms with Crippen LogP contribution in [-0.2, 0) is 4.79 Å². The van der Waals surface area contributed by atoms with Crippen LogP contribution in [0, 0.1) is 0 Å². The van der Waals surface area contributed by atoms with Gasteiger partial charge in [0.25, 0.3) is 0 Å². The number of ether oxygens (including phenoxy) is 1. The van der Waals surface area contributed by atoms with Gasteiger partial charge in [0.2, 0.25) is 5.91 Å². The quantitative estimate of drug-likeness (QED) is 0.863. The van der Waals surface area contributed by atoms with Crippen LogP contribution in [0.3, 0.4) is 0 Å². The number of nitrogens with two attached hydrogens (primary N) is 1. The summed E-state index contributed by atoms with van der Waals surface area (Å²) >= 11 is 1.80. The van der Waals surface area contributed by atoms with Gasteiger partial charge in [0, 0.05) is 10.1 Å². The second-order valence-electron chi connectivity index (χ2n) is 4.85. The zero-order chi connectivity index (χ0) is 13.9. The molecule has 1 aromatic rings. The molecule has 1 saturated carbocycles. The summed E-state index contributed by atoms with van der Waals surface area (Å²) in [4.78, 5) is 12.8. The average molecular weight is 280 g/mol. The molecule has 0 aromatic heterocycles. The molecule has 104 valence electrons. The van der Waals surface area contributed by atoms with E-state index in [2.05, 4.69) is 5.32 Å². The Morgan fingerprint density at radius 2 is 2.16 bits per heavy atom. The van der Waals surface area contributed by atoms with Crippen molar-refractivity contribution in [3.63, 3.8) is 0 Å². The van der Waals surface area contributed by atoms with Crippen molar-refractivity contribution in [2.75, 3.05) is 14.2 Å². The SMILES string of the molecule is CNC1(C(N)=O)CCC(Sc2ccc(OC)cc2)C1. The topological polar surface area (TPSA) is 64.3 Å². The lowest BCUT2D eigenvalue weighted by atomic mass is 9.97. The van der Waals surface area contributed by atoms with Gasteiger partial charge in [-0.05, 0) is 50.6 Å². The Kier molecular flexibility index (Phi) is 4.37. The lowest BCUT2D eigenvalue weighted by molar-refractivity contribution is -0.124. The number of nitrogens with one attached hydrogen (secondary N) is 1. The number of likely N-dealkylation sites (N-methyl/N-ethyl adjacent to an activating group) is 1. The van der Waals surface area contributed by atoms with Gasteiger partial charge in [0.05, 0.1) is 12.6 Å². The number of hydrogen-bond donors (Lipinski definition) is 2. The first-order valence-corrected chi connectivity index (χ1v) is 7.27. The summed E-state index contributed by atoms with van der Waals surface area (Å²) in [5.41, 5.74) is 4.99. The minimum Gasteiger partial charge on any atom is -0.497 e. The molecule has 1 aliphatic carbocycles. The Morgan fingerprint density at radius 3 is 2.63 bits per heavy atom. The summed E-state index contributed by atoms with van der Waals surface area (Å²) in [6.45, 7) is 0. The van der Waals surface area contributed by atoms with Crippen molar-refractivity contribution in [2.45, 2.75) is 34.9 Å². The van der Waals surface area contributed by atoms with Crippen molar-refractivity contribution >= 4 is 17.7 Å². The van der Waals surface area contributed by atoms with Crippen LogP contribution in [0.5, 0.6) is 5.75 Å². The maximum absolute atomic E-state index is 11.6. The molecule has 1 fully saturated rings. The average Bonchev–Trinajstić information content (AvgIpc) is 2.84. The number of rotatable bonds is 5. The van der Waals surface area contributed by atoms with Crippen molar-refractivity contribution in [3.05, 3.63) is 24.3 Å². The molecule has 2 unspecified atom stereocenters. The van der Waals surface area contributed by atoms with E-state index in [0.29, 0.717) is 5.25 Å². The maximum atomic E-state index is 11.6.